The first-order valence-corrected chi connectivity index (χ1v) is 6.51. The zero-order valence-electron chi connectivity index (χ0n) is 13.2. The minimum Gasteiger partial charge on any atom is -0.202 e. The van der Waals surface area contributed by atoms with Crippen molar-refractivity contribution in [2.45, 2.75) is 47.9 Å². The third kappa shape index (κ3) is 4.76. The van der Waals surface area contributed by atoms with E-state index in [1.54, 1.807) is 0 Å². The van der Waals surface area contributed by atoms with Gasteiger partial charge < -0.3 is 0 Å². The summed E-state index contributed by atoms with van der Waals surface area (Å²) in [4.78, 5) is 0. The number of rotatable bonds is 9. The van der Waals surface area contributed by atoms with Crippen molar-refractivity contribution in [1.82, 2.24) is 0 Å². The molecule has 0 saturated heterocycles. The van der Waals surface area contributed by atoms with E-state index >= 15 is 0 Å². The lowest BCUT2D eigenvalue weighted by Gasteiger charge is -2.41. The fraction of sp³-hybridized carbons (Fsp3) is 0.667. The molecule has 0 spiro atoms. The van der Waals surface area contributed by atoms with Crippen LogP contribution in [0, 0.1) is 0 Å². The lowest BCUT2D eigenvalue weighted by Crippen LogP contribution is -2.70. The van der Waals surface area contributed by atoms with Gasteiger partial charge in [0.1, 0.15) is 0 Å². The van der Waals surface area contributed by atoms with E-state index in [-0.39, 0.29) is 0 Å². The first-order chi connectivity index (χ1) is 12.8. The quantitative estimate of drug-likeness (QED) is 0.296. The molecule has 0 heterocycles. The van der Waals surface area contributed by atoms with Gasteiger partial charge in [-0.05, 0) is 0 Å². The minimum atomic E-state index is -8.30. The van der Waals surface area contributed by atoms with Crippen LogP contribution < -0.4 is 0 Å². The molecule has 0 N–H and O–H groups in total. The average molecular weight is 490 g/mol. The van der Waals surface area contributed by atoms with Crippen molar-refractivity contribution in [3.63, 3.8) is 0 Å². The van der Waals surface area contributed by atoms with Gasteiger partial charge in [0.2, 0.25) is 0 Å². The summed E-state index contributed by atoms with van der Waals surface area (Å²) in [5.74, 6) is -52.5. The van der Waals surface area contributed by atoms with Crippen molar-refractivity contribution < 1.29 is 79.0 Å². The fourth-order valence-electron chi connectivity index (χ4n) is 1.68. The minimum absolute atomic E-state index is 1.80. The van der Waals surface area contributed by atoms with Gasteiger partial charge in [0, 0.05) is 6.08 Å². The highest BCUT2D eigenvalue weighted by molar-refractivity contribution is 5.16. The van der Waals surface area contributed by atoms with Crippen LogP contribution in [0.4, 0.5) is 79.0 Å². The summed E-state index contributed by atoms with van der Waals surface area (Å²) in [6.07, 6.45) is -15.7. The monoisotopic (exact) mass is 490 g/mol. The van der Waals surface area contributed by atoms with E-state index in [2.05, 4.69) is 0 Å². The number of allylic oxidation sites excluding steroid dienone is 2. The Morgan fingerprint density at radius 1 is 0.467 bits per heavy atom. The van der Waals surface area contributed by atoms with E-state index in [1.165, 1.54) is 0 Å². The summed E-state index contributed by atoms with van der Waals surface area (Å²) in [6.45, 7) is 0. The Balaban J connectivity index is 6.48. The topological polar surface area (TPSA) is 0 Å². The second-order valence-electron chi connectivity index (χ2n) is 5.43. The van der Waals surface area contributed by atoms with E-state index in [0.717, 1.165) is 0 Å². The Morgan fingerprint density at radius 2 is 0.800 bits per heavy atom. The summed E-state index contributed by atoms with van der Waals surface area (Å²) in [5.41, 5.74) is 0. The molecule has 0 aromatic carbocycles. The molecular weight excluding hydrogens is 486 g/mol. The molecule has 0 bridgehead atoms. The van der Waals surface area contributed by atoms with E-state index in [4.69, 9.17) is 0 Å². The third-order valence-electron chi connectivity index (χ3n) is 3.13. The Labute approximate surface area is 152 Å². The highest BCUT2D eigenvalue weighted by Gasteiger charge is 2.90. The maximum atomic E-state index is 13.3. The number of hydrogen-bond acceptors (Lipinski definition) is 0. The highest BCUT2D eigenvalue weighted by Crippen LogP contribution is 2.61. The molecular formula is C12H4F18. The predicted octanol–water partition coefficient (Wildman–Crippen LogP) is 7.38. The standard InChI is InChI=1S/C12H4F18/c13-4(14)1-6(17,18)3-8(21,22)10(25,26)12(29,30)11(27,28)9(23,24)7(19,20)2-5(15)16/h1-2H,3H2. The van der Waals surface area contributed by atoms with Crippen LogP contribution in [0.5, 0.6) is 0 Å². The van der Waals surface area contributed by atoms with Crippen LogP contribution in [0.15, 0.2) is 24.3 Å². The molecule has 0 aliphatic heterocycles. The molecule has 30 heavy (non-hydrogen) atoms. The van der Waals surface area contributed by atoms with Crippen molar-refractivity contribution in [2.24, 2.45) is 0 Å². The molecule has 0 aliphatic rings. The molecule has 0 aliphatic carbocycles. The molecule has 0 aromatic rings. The lowest BCUT2D eigenvalue weighted by atomic mass is 9.89. The molecule has 18 heteroatoms. The maximum Gasteiger partial charge on any atom is 0.385 e. The maximum absolute atomic E-state index is 13.3. The van der Waals surface area contributed by atoms with Crippen LogP contribution >= 0.6 is 0 Å². The molecule has 0 rings (SSSR count). The van der Waals surface area contributed by atoms with Crippen LogP contribution in [0.25, 0.3) is 0 Å². The largest absolute Gasteiger partial charge is 0.385 e. The van der Waals surface area contributed by atoms with Crippen LogP contribution in [-0.4, -0.2) is 41.5 Å². The highest BCUT2D eigenvalue weighted by atomic mass is 19.4. The van der Waals surface area contributed by atoms with E-state index in [9.17, 15) is 79.0 Å². The summed E-state index contributed by atoms with van der Waals surface area (Å²) >= 11 is 0. The van der Waals surface area contributed by atoms with Gasteiger partial charge in [-0.2, -0.15) is 70.2 Å². The van der Waals surface area contributed by atoms with Crippen molar-refractivity contribution in [3.8, 4) is 0 Å². The Bertz CT molecular complexity index is 675. The molecule has 0 atom stereocenters. The van der Waals surface area contributed by atoms with Gasteiger partial charge in [0.15, 0.2) is 0 Å². The van der Waals surface area contributed by atoms with Crippen LogP contribution in [0.1, 0.15) is 6.42 Å². The summed E-state index contributed by atoms with van der Waals surface area (Å²) in [5, 5.41) is 0. The van der Waals surface area contributed by atoms with E-state index in [0.29, 0.717) is 0 Å². The molecule has 178 valence electrons. The zero-order chi connectivity index (χ0) is 24.8. The summed E-state index contributed by atoms with van der Waals surface area (Å²) < 4.78 is 230. The van der Waals surface area contributed by atoms with Crippen molar-refractivity contribution in [2.75, 3.05) is 0 Å². The second kappa shape index (κ2) is 7.72. The summed E-state index contributed by atoms with van der Waals surface area (Å²) in [6, 6.07) is 0. The van der Waals surface area contributed by atoms with E-state index in [1.807, 2.05) is 0 Å². The smallest absolute Gasteiger partial charge is 0.202 e. The molecule has 0 radical (unpaired) electrons. The average Bonchev–Trinajstić information content (AvgIpc) is 2.41. The fourth-order valence-corrected chi connectivity index (χ4v) is 1.68. The number of halogens is 18. The molecule has 0 saturated carbocycles. The predicted molar refractivity (Wildman–Crippen MR) is 59.8 cm³/mol. The first kappa shape index (κ1) is 28.2. The van der Waals surface area contributed by atoms with Gasteiger partial charge in [-0.1, -0.05) is 0 Å². The van der Waals surface area contributed by atoms with Crippen LogP contribution in [0.2, 0.25) is 0 Å². The Hall–Kier alpha value is -1.78. The molecule has 0 fully saturated rings. The van der Waals surface area contributed by atoms with Gasteiger partial charge in [0.05, 0.1) is 12.5 Å². The SMILES string of the molecule is FC(F)=CC(F)(F)CC(F)(F)C(F)(F)C(F)(F)C(F)(F)C(F)(F)C(F)(F)C=C(F)F. The Morgan fingerprint density at radius 3 is 1.13 bits per heavy atom. The van der Waals surface area contributed by atoms with Crippen molar-refractivity contribution >= 4 is 0 Å². The van der Waals surface area contributed by atoms with Gasteiger partial charge in [0.25, 0.3) is 18.1 Å². The van der Waals surface area contributed by atoms with Gasteiger partial charge >= 0.3 is 35.5 Å². The van der Waals surface area contributed by atoms with Gasteiger partial charge in [-0.3, -0.25) is 0 Å². The number of alkyl halides is 14. The van der Waals surface area contributed by atoms with Crippen molar-refractivity contribution in [3.05, 3.63) is 24.3 Å². The normalized spacial score (nSPS) is 15.1. The first-order valence-electron chi connectivity index (χ1n) is 6.51. The van der Waals surface area contributed by atoms with Gasteiger partial charge in [-0.25, -0.2) is 8.78 Å². The molecule has 0 aromatic heterocycles. The lowest BCUT2D eigenvalue weighted by molar-refractivity contribution is -0.422. The molecule has 0 nitrogen and oxygen atoms in total. The van der Waals surface area contributed by atoms with Crippen LogP contribution in [0.3, 0.4) is 0 Å². The summed E-state index contributed by atoms with van der Waals surface area (Å²) in [7, 11) is 0. The second-order valence-corrected chi connectivity index (χ2v) is 5.43. The number of hydrogen-bond donors (Lipinski definition) is 0. The van der Waals surface area contributed by atoms with Crippen molar-refractivity contribution in [1.29, 1.82) is 0 Å². The molecule has 0 unspecified atom stereocenters. The zero-order valence-corrected chi connectivity index (χ0v) is 13.2. The molecule has 0 amide bonds. The Kier molecular flexibility index (Phi) is 7.27. The van der Waals surface area contributed by atoms with Gasteiger partial charge in [-0.15, -0.1) is 0 Å². The van der Waals surface area contributed by atoms with E-state index < -0.39 is 72.2 Å². The third-order valence-corrected chi connectivity index (χ3v) is 3.13. The van der Waals surface area contributed by atoms with Crippen LogP contribution in [-0.2, 0) is 0 Å².